The van der Waals surface area contributed by atoms with Crippen LogP contribution >= 0.6 is 0 Å². The molecule has 2 rings (SSSR count). The van der Waals surface area contributed by atoms with Gasteiger partial charge in [-0.1, -0.05) is 6.92 Å². The maximum absolute atomic E-state index is 11.9. The molecule has 1 heterocycles. The average molecular weight is 311 g/mol. The first kappa shape index (κ1) is 17.5. The largest absolute Gasteiger partial charge is 0.444 e. The molecule has 0 bridgehead atoms. The zero-order valence-corrected chi connectivity index (χ0v) is 14.8. The van der Waals surface area contributed by atoms with Crippen LogP contribution in [0.5, 0.6) is 0 Å². The fourth-order valence-corrected chi connectivity index (χ4v) is 3.93. The van der Waals surface area contributed by atoms with Crippen molar-refractivity contribution in [3.05, 3.63) is 0 Å². The minimum absolute atomic E-state index is 0.194. The summed E-state index contributed by atoms with van der Waals surface area (Å²) in [5.74, 6) is 1.17. The second-order valence-electron chi connectivity index (χ2n) is 8.41. The Bertz CT molecular complexity index is 399. The number of amides is 1. The fourth-order valence-electron chi connectivity index (χ4n) is 3.93. The van der Waals surface area contributed by atoms with E-state index >= 15 is 0 Å². The van der Waals surface area contributed by atoms with E-state index in [1.807, 2.05) is 20.8 Å². The summed E-state index contributed by atoms with van der Waals surface area (Å²) in [6, 6.07) is 0.194. The molecule has 1 amide bonds. The molecule has 1 spiro atoms. The number of nitrogens with zero attached hydrogens (tertiary/aromatic N) is 1. The molecule has 0 aromatic heterocycles. The summed E-state index contributed by atoms with van der Waals surface area (Å²) in [6.07, 6.45) is 2.28. The van der Waals surface area contributed by atoms with E-state index in [1.165, 1.54) is 12.8 Å². The van der Waals surface area contributed by atoms with Crippen LogP contribution in [-0.2, 0) is 4.74 Å². The monoisotopic (exact) mass is 311 g/mol. The van der Waals surface area contributed by atoms with E-state index < -0.39 is 5.60 Å². The summed E-state index contributed by atoms with van der Waals surface area (Å²) < 4.78 is 5.35. The number of ether oxygens (including phenoxy) is 1. The van der Waals surface area contributed by atoms with Crippen LogP contribution in [0.2, 0.25) is 0 Å². The molecular formula is C17H33N3O2. The molecule has 5 nitrogen and oxygen atoms in total. The van der Waals surface area contributed by atoms with Gasteiger partial charge in [-0.2, -0.15) is 0 Å². The van der Waals surface area contributed by atoms with E-state index in [2.05, 4.69) is 24.1 Å². The molecule has 1 saturated carbocycles. The molecule has 22 heavy (non-hydrogen) atoms. The van der Waals surface area contributed by atoms with Gasteiger partial charge in [-0.25, -0.2) is 4.79 Å². The van der Waals surface area contributed by atoms with Crippen LogP contribution in [0.15, 0.2) is 0 Å². The van der Waals surface area contributed by atoms with Gasteiger partial charge in [-0.05, 0) is 57.8 Å². The number of piperidine rings is 1. The molecule has 3 N–H and O–H groups in total. The molecule has 2 aliphatic rings. The van der Waals surface area contributed by atoms with Gasteiger partial charge in [-0.3, -0.25) is 0 Å². The molecule has 1 aliphatic heterocycles. The number of carbonyl (C=O) groups excluding carboxylic acids is 1. The van der Waals surface area contributed by atoms with E-state index in [1.54, 1.807) is 0 Å². The SMILES string of the molecule is CC(N)CN1CC(C)C2(CC2)C(CNC(=O)OC(C)(C)C)C1. The molecule has 0 radical (unpaired) electrons. The molecule has 128 valence electrons. The number of rotatable bonds is 4. The van der Waals surface area contributed by atoms with Gasteiger partial charge in [0.15, 0.2) is 0 Å². The first-order valence-electron chi connectivity index (χ1n) is 8.57. The summed E-state index contributed by atoms with van der Waals surface area (Å²) in [7, 11) is 0. The number of likely N-dealkylation sites (tertiary alicyclic amines) is 1. The van der Waals surface area contributed by atoms with E-state index in [0.717, 1.165) is 19.6 Å². The first-order chi connectivity index (χ1) is 10.1. The second-order valence-corrected chi connectivity index (χ2v) is 8.41. The predicted molar refractivity (Wildman–Crippen MR) is 88.6 cm³/mol. The molecule has 1 aliphatic carbocycles. The van der Waals surface area contributed by atoms with E-state index in [-0.39, 0.29) is 12.1 Å². The number of nitrogens with two attached hydrogens (primary N) is 1. The number of hydrogen-bond donors (Lipinski definition) is 2. The normalized spacial score (nSPS) is 29.2. The van der Waals surface area contributed by atoms with Gasteiger partial charge in [0.1, 0.15) is 5.60 Å². The van der Waals surface area contributed by atoms with Crippen molar-refractivity contribution < 1.29 is 9.53 Å². The zero-order valence-electron chi connectivity index (χ0n) is 14.8. The van der Waals surface area contributed by atoms with Gasteiger partial charge in [-0.15, -0.1) is 0 Å². The lowest BCUT2D eigenvalue weighted by atomic mass is 9.75. The Morgan fingerprint density at radius 2 is 2.05 bits per heavy atom. The average Bonchev–Trinajstić information content (AvgIpc) is 3.11. The molecule has 3 unspecified atom stereocenters. The third kappa shape index (κ3) is 4.35. The van der Waals surface area contributed by atoms with Crippen LogP contribution in [-0.4, -0.2) is 48.8 Å². The zero-order chi connectivity index (χ0) is 16.5. The number of hydrogen-bond acceptors (Lipinski definition) is 4. The highest BCUT2D eigenvalue weighted by molar-refractivity contribution is 5.67. The molecule has 0 aromatic carbocycles. The van der Waals surface area contributed by atoms with Crippen molar-refractivity contribution in [3.8, 4) is 0 Å². The van der Waals surface area contributed by atoms with E-state index in [4.69, 9.17) is 10.5 Å². The molecule has 1 saturated heterocycles. The van der Waals surface area contributed by atoms with Crippen LogP contribution in [0, 0.1) is 17.3 Å². The summed E-state index contributed by atoms with van der Waals surface area (Å²) in [5, 5.41) is 2.98. The van der Waals surface area contributed by atoms with Crippen molar-refractivity contribution in [2.45, 2.75) is 59.1 Å². The summed E-state index contributed by atoms with van der Waals surface area (Å²) >= 11 is 0. The van der Waals surface area contributed by atoms with Gasteiger partial charge in [0.25, 0.3) is 0 Å². The van der Waals surface area contributed by atoms with Crippen molar-refractivity contribution in [3.63, 3.8) is 0 Å². The Morgan fingerprint density at radius 1 is 1.41 bits per heavy atom. The Labute approximate surface area is 134 Å². The molecule has 0 aromatic rings. The van der Waals surface area contributed by atoms with E-state index in [9.17, 15) is 4.79 Å². The maximum Gasteiger partial charge on any atom is 0.407 e. The van der Waals surface area contributed by atoms with Crippen LogP contribution in [0.1, 0.15) is 47.5 Å². The highest BCUT2D eigenvalue weighted by Gasteiger charge is 2.55. The third-order valence-electron chi connectivity index (χ3n) is 5.07. The summed E-state index contributed by atoms with van der Waals surface area (Å²) in [4.78, 5) is 14.4. The van der Waals surface area contributed by atoms with Gasteiger partial charge in [0.05, 0.1) is 0 Å². The Balaban J connectivity index is 1.91. The minimum Gasteiger partial charge on any atom is -0.444 e. The Morgan fingerprint density at radius 3 is 2.55 bits per heavy atom. The number of carbonyl (C=O) groups is 1. The lowest BCUT2D eigenvalue weighted by Crippen LogP contribution is -2.52. The van der Waals surface area contributed by atoms with Crippen molar-refractivity contribution in [1.82, 2.24) is 10.2 Å². The Hall–Kier alpha value is -0.810. The lowest BCUT2D eigenvalue weighted by molar-refractivity contribution is 0.0353. The minimum atomic E-state index is -0.442. The quantitative estimate of drug-likeness (QED) is 0.835. The van der Waals surface area contributed by atoms with Crippen LogP contribution in [0.3, 0.4) is 0 Å². The summed E-state index contributed by atoms with van der Waals surface area (Å²) in [6.45, 7) is 13.9. The number of alkyl carbamates (subject to hydrolysis) is 1. The highest BCUT2D eigenvalue weighted by atomic mass is 16.6. The van der Waals surface area contributed by atoms with Crippen LogP contribution in [0.4, 0.5) is 4.79 Å². The lowest BCUT2D eigenvalue weighted by Gasteiger charge is -2.44. The molecule has 3 atom stereocenters. The number of nitrogens with one attached hydrogen (secondary N) is 1. The molecular weight excluding hydrogens is 278 g/mol. The smallest absolute Gasteiger partial charge is 0.407 e. The van der Waals surface area contributed by atoms with Gasteiger partial charge in [0.2, 0.25) is 0 Å². The van der Waals surface area contributed by atoms with Crippen LogP contribution < -0.4 is 11.1 Å². The summed E-state index contributed by atoms with van der Waals surface area (Å²) in [5.41, 5.74) is 5.95. The van der Waals surface area contributed by atoms with E-state index in [0.29, 0.717) is 23.8 Å². The Kier molecular flexibility index (Phi) is 5.07. The fraction of sp³-hybridized carbons (Fsp3) is 0.941. The van der Waals surface area contributed by atoms with Crippen molar-refractivity contribution >= 4 is 6.09 Å². The van der Waals surface area contributed by atoms with Crippen LogP contribution in [0.25, 0.3) is 0 Å². The van der Waals surface area contributed by atoms with Gasteiger partial charge >= 0.3 is 6.09 Å². The standard InChI is InChI=1S/C17H33N3O2/c1-12-9-20(10-13(2)18)11-14(17(12)6-7-17)8-19-15(21)22-16(3,4)5/h12-14H,6-11,18H2,1-5H3,(H,19,21). The molecule has 5 heteroatoms. The van der Waals surface area contributed by atoms with Gasteiger partial charge < -0.3 is 20.7 Å². The van der Waals surface area contributed by atoms with Crippen molar-refractivity contribution in [1.29, 1.82) is 0 Å². The predicted octanol–water partition coefficient (Wildman–Crippen LogP) is 2.21. The third-order valence-corrected chi connectivity index (χ3v) is 5.07. The van der Waals surface area contributed by atoms with Crippen molar-refractivity contribution in [2.24, 2.45) is 23.0 Å². The second kappa shape index (κ2) is 6.36. The van der Waals surface area contributed by atoms with Gasteiger partial charge in [0, 0.05) is 32.2 Å². The topological polar surface area (TPSA) is 67.6 Å². The highest BCUT2D eigenvalue weighted by Crippen LogP contribution is 2.59. The maximum atomic E-state index is 11.9. The molecule has 2 fully saturated rings. The van der Waals surface area contributed by atoms with Crippen molar-refractivity contribution in [2.75, 3.05) is 26.2 Å². The first-order valence-corrected chi connectivity index (χ1v) is 8.57.